The Hall–Kier alpha value is -3.13. The molecule has 2 heterocycles. The largest absolute Gasteiger partial charge is 0.326 e. The summed E-state index contributed by atoms with van der Waals surface area (Å²) in [5.41, 5.74) is 9.59. The zero-order valence-electron chi connectivity index (χ0n) is 9.54. The van der Waals surface area contributed by atoms with Crippen LogP contribution in [-0.4, -0.2) is 19.6 Å². The van der Waals surface area contributed by atoms with Crippen LogP contribution in [0.1, 0.15) is 5.56 Å². The van der Waals surface area contributed by atoms with Gasteiger partial charge in [0.05, 0.1) is 6.54 Å². The van der Waals surface area contributed by atoms with Crippen LogP contribution in [0.4, 0.5) is 5.69 Å². The van der Waals surface area contributed by atoms with Crippen LogP contribution >= 0.6 is 0 Å². The summed E-state index contributed by atoms with van der Waals surface area (Å²) in [6, 6.07) is 1.56. The molecule has 2 aromatic heterocycles. The summed E-state index contributed by atoms with van der Waals surface area (Å²) in [5, 5.41) is 16.3. The molecule has 0 aliphatic rings. The van der Waals surface area contributed by atoms with E-state index in [2.05, 4.69) is 25.1 Å². The summed E-state index contributed by atoms with van der Waals surface area (Å²) in [4.78, 5) is 19.6. The molecule has 0 amide bonds. The maximum atomic E-state index is 10.4. The van der Waals surface area contributed by atoms with Crippen LogP contribution in [0.5, 0.6) is 0 Å². The van der Waals surface area contributed by atoms with E-state index in [-0.39, 0.29) is 12.2 Å². The molecule has 0 atom stereocenters. The van der Waals surface area contributed by atoms with E-state index < -0.39 is 5.03 Å². The highest BCUT2D eigenvalue weighted by Gasteiger charge is 2.04. The summed E-state index contributed by atoms with van der Waals surface area (Å²) >= 11 is 0. The fourth-order valence-electron chi connectivity index (χ4n) is 1.52. The second-order valence-corrected chi connectivity index (χ2v) is 3.44. The molecule has 0 saturated heterocycles. The molecule has 0 bridgehead atoms. The molecule has 0 aliphatic carbocycles. The highest BCUT2D eigenvalue weighted by Crippen LogP contribution is 2.17. The van der Waals surface area contributed by atoms with Crippen LogP contribution in [0.2, 0.25) is 0 Å². The minimum absolute atomic E-state index is 0.0840. The van der Waals surface area contributed by atoms with Crippen LogP contribution in [0.25, 0.3) is 10.4 Å². The van der Waals surface area contributed by atoms with Gasteiger partial charge in [-0.05, 0) is 17.2 Å². The van der Waals surface area contributed by atoms with Gasteiger partial charge in [-0.15, -0.1) is 0 Å². The molecule has 10 heteroatoms. The first kappa shape index (κ1) is 12.3. The minimum Gasteiger partial charge on any atom is -0.326 e. The molecule has 1 N–H and O–H groups in total. The Bertz CT molecular complexity index is 709. The summed E-state index contributed by atoms with van der Waals surface area (Å²) in [6.07, 6.45) is 6.14. The fourth-order valence-corrected chi connectivity index (χ4v) is 1.52. The van der Waals surface area contributed by atoms with Crippen molar-refractivity contribution in [2.45, 2.75) is 6.54 Å². The van der Waals surface area contributed by atoms with Crippen LogP contribution in [-0.2, 0) is 6.54 Å². The Balaban J connectivity index is 2.40. The van der Waals surface area contributed by atoms with E-state index in [0.717, 1.165) is 0 Å². The van der Waals surface area contributed by atoms with Crippen LogP contribution in [0.15, 0.2) is 41.1 Å². The third-order valence-electron chi connectivity index (χ3n) is 2.29. The van der Waals surface area contributed by atoms with Gasteiger partial charge in [-0.2, -0.15) is 0 Å². The van der Waals surface area contributed by atoms with E-state index in [0.29, 0.717) is 11.3 Å². The lowest BCUT2D eigenvalue weighted by atomic mass is 10.2. The number of aromatic nitrogens is 3. The molecule has 10 nitrogen and oxygen atoms in total. The molecule has 0 fully saturated rings. The predicted molar refractivity (Wildman–Crippen MR) is 63.5 cm³/mol. The quantitative estimate of drug-likeness (QED) is 0.291. The molecular formula is C9H8N8O2. The van der Waals surface area contributed by atoms with Crippen LogP contribution < -0.4 is 5.62 Å². The SMILES string of the molecule is [N-]=[N+]=Nc1ccncc1Cn1cc[nH]/c1=N/[N+](=O)[O-]. The molecule has 2 rings (SSSR count). The molecule has 0 unspecified atom stereocenters. The lowest BCUT2D eigenvalue weighted by molar-refractivity contribution is -0.491. The van der Waals surface area contributed by atoms with E-state index in [1.807, 2.05) is 0 Å². The van der Waals surface area contributed by atoms with Gasteiger partial charge in [-0.25, -0.2) is 10.1 Å². The number of pyridine rings is 1. The fraction of sp³-hybridized carbons (Fsp3) is 0.111. The van der Waals surface area contributed by atoms with Crippen LogP contribution in [0, 0.1) is 10.1 Å². The van der Waals surface area contributed by atoms with Gasteiger partial charge < -0.3 is 9.55 Å². The molecule has 0 saturated carbocycles. The second kappa shape index (κ2) is 5.47. The van der Waals surface area contributed by atoms with Gasteiger partial charge in [-0.3, -0.25) is 4.98 Å². The maximum absolute atomic E-state index is 10.4. The summed E-state index contributed by atoms with van der Waals surface area (Å²) < 4.78 is 1.51. The van der Waals surface area contributed by atoms with Crippen molar-refractivity contribution in [3.63, 3.8) is 0 Å². The van der Waals surface area contributed by atoms with Crippen molar-refractivity contribution in [2.24, 2.45) is 10.2 Å². The first-order valence-electron chi connectivity index (χ1n) is 5.11. The number of H-pyrrole nitrogens is 1. The number of imidazole rings is 1. The monoisotopic (exact) mass is 260 g/mol. The normalized spacial score (nSPS) is 11.1. The Morgan fingerprint density at radius 3 is 3.21 bits per heavy atom. The zero-order chi connectivity index (χ0) is 13.7. The zero-order valence-corrected chi connectivity index (χ0v) is 9.54. The van der Waals surface area contributed by atoms with Crippen molar-refractivity contribution in [2.75, 3.05) is 0 Å². The van der Waals surface area contributed by atoms with Gasteiger partial charge in [0.25, 0.3) is 5.62 Å². The minimum atomic E-state index is -0.792. The second-order valence-electron chi connectivity index (χ2n) is 3.44. The molecule has 0 radical (unpaired) electrons. The third-order valence-corrected chi connectivity index (χ3v) is 2.29. The molecule has 2 aromatic rings. The molecule has 19 heavy (non-hydrogen) atoms. The van der Waals surface area contributed by atoms with Gasteiger partial charge in [0.2, 0.25) is 0 Å². The number of azide groups is 1. The number of aromatic amines is 1. The van der Waals surface area contributed by atoms with Gasteiger partial charge in [-0.1, -0.05) is 5.11 Å². The number of hydrogen-bond donors (Lipinski definition) is 1. The molecule has 0 aliphatic heterocycles. The van der Waals surface area contributed by atoms with Gasteiger partial charge >= 0.3 is 0 Å². The standard InChI is InChI=1S/C9H8N8O2/c10-15-13-8-1-2-11-5-7(8)6-16-4-3-12-9(16)14-17(18)19/h1-5H,6H2,(H,12,14). The van der Waals surface area contributed by atoms with Crippen molar-refractivity contribution in [1.29, 1.82) is 0 Å². The molecule has 96 valence electrons. The number of rotatable bonds is 4. The van der Waals surface area contributed by atoms with Crippen molar-refractivity contribution in [3.05, 3.63) is 62.6 Å². The van der Waals surface area contributed by atoms with Crippen molar-refractivity contribution < 1.29 is 5.03 Å². The summed E-state index contributed by atoms with van der Waals surface area (Å²) in [5.74, 6) is 0. The molecular weight excluding hydrogens is 252 g/mol. The number of nitro groups is 1. The van der Waals surface area contributed by atoms with E-state index in [1.165, 1.54) is 23.2 Å². The molecule has 0 spiro atoms. The lowest BCUT2D eigenvalue weighted by Crippen LogP contribution is -2.20. The average molecular weight is 260 g/mol. The first-order valence-corrected chi connectivity index (χ1v) is 5.11. The Morgan fingerprint density at radius 1 is 1.63 bits per heavy atom. The lowest BCUT2D eigenvalue weighted by Gasteiger charge is -2.04. The Kier molecular flexibility index (Phi) is 3.55. The highest BCUT2D eigenvalue weighted by atomic mass is 16.7. The highest BCUT2D eigenvalue weighted by molar-refractivity contribution is 5.43. The van der Waals surface area contributed by atoms with Crippen molar-refractivity contribution in [3.8, 4) is 0 Å². The van der Waals surface area contributed by atoms with Gasteiger partial charge in [0.1, 0.15) is 5.10 Å². The Morgan fingerprint density at radius 2 is 2.47 bits per heavy atom. The van der Waals surface area contributed by atoms with E-state index in [1.54, 1.807) is 12.3 Å². The first-order chi connectivity index (χ1) is 9.20. The van der Waals surface area contributed by atoms with Gasteiger partial charge in [0.15, 0.2) is 5.03 Å². The van der Waals surface area contributed by atoms with Crippen molar-refractivity contribution in [1.82, 2.24) is 14.5 Å². The van der Waals surface area contributed by atoms with E-state index in [4.69, 9.17) is 5.53 Å². The number of hydrogen-bond acceptors (Lipinski definition) is 4. The van der Waals surface area contributed by atoms with E-state index in [9.17, 15) is 10.1 Å². The third kappa shape index (κ3) is 2.96. The average Bonchev–Trinajstić information content (AvgIpc) is 2.79. The van der Waals surface area contributed by atoms with Crippen molar-refractivity contribution >= 4 is 5.69 Å². The molecule has 0 aromatic carbocycles. The Labute approximate surface area is 105 Å². The number of nitrogens with one attached hydrogen (secondary N) is 1. The topological polar surface area (TPSA) is 138 Å². The summed E-state index contributed by atoms with van der Waals surface area (Å²) in [7, 11) is 0. The smallest absolute Gasteiger partial charge is 0.279 e. The number of nitrogens with zero attached hydrogens (tertiary/aromatic N) is 7. The van der Waals surface area contributed by atoms with E-state index >= 15 is 0 Å². The van der Waals surface area contributed by atoms with Gasteiger partial charge in [0, 0.05) is 35.4 Å². The van der Waals surface area contributed by atoms with Crippen LogP contribution in [0.3, 0.4) is 0 Å². The summed E-state index contributed by atoms with van der Waals surface area (Å²) in [6.45, 7) is 0.248. The maximum Gasteiger partial charge on any atom is 0.279 e. The predicted octanol–water partition coefficient (Wildman–Crippen LogP) is 1.29.